The first-order chi connectivity index (χ1) is 8.00. The van der Waals surface area contributed by atoms with Gasteiger partial charge in [-0.1, -0.05) is 32.0 Å². The molecule has 0 saturated heterocycles. The van der Waals surface area contributed by atoms with Gasteiger partial charge in [-0.15, -0.1) is 0 Å². The quantitative estimate of drug-likeness (QED) is 0.841. The van der Waals surface area contributed by atoms with E-state index in [-0.39, 0.29) is 11.9 Å². The Morgan fingerprint density at radius 2 is 2.00 bits per heavy atom. The Labute approximate surface area is 103 Å². The zero-order chi connectivity index (χ0) is 12.6. The molecule has 92 valence electrons. The number of benzene rings is 1. The van der Waals surface area contributed by atoms with Gasteiger partial charge in [-0.05, 0) is 25.3 Å². The fraction of sp³-hybridized carbons (Fsp3) is 0.500. The minimum absolute atomic E-state index is 0.0572. The average molecular weight is 232 g/mol. The summed E-state index contributed by atoms with van der Waals surface area (Å²) in [5, 5.41) is 6.36. The van der Waals surface area contributed by atoms with E-state index in [1.807, 2.05) is 25.1 Å². The van der Waals surface area contributed by atoms with Crippen molar-refractivity contribution in [2.24, 2.45) is 5.92 Å². The highest BCUT2D eigenvalue weighted by Crippen LogP contribution is 2.33. The summed E-state index contributed by atoms with van der Waals surface area (Å²) in [7, 11) is 0. The number of rotatable bonds is 3. The Morgan fingerprint density at radius 1 is 1.29 bits per heavy atom. The van der Waals surface area contributed by atoms with Gasteiger partial charge in [-0.3, -0.25) is 10.1 Å². The molecule has 2 atom stereocenters. The summed E-state index contributed by atoms with van der Waals surface area (Å²) < 4.78 is 0. The smallest absolute Gasteiger partial charge is 0.246 e. The molecule has 17 heavy (non-hydrogen) atoms. The topological polar surface area (TPSA) is 41.1 Å². The SMILES string of the molecule is Cc1cccc2c1NC(=O)C2NC(C)C(C)C. The Hall–Kier alpha value is -1.35. The van der Waals surface area contributed by atoms with Gasteiger partial charge in [-0.2, -0.15) is 0 Å². The summed E-state index contributed by atoms with van der Waals surface area (Å²) in [6.45, 7) is 8.45. The summed E-state index contributed by atoms with van der Waals surface area (Å²) in [5.74, 6) is 0.568. The molecule has 0 bridgehead atoms. The molecule has 0 aliphatic carbocycles. The van der Waals surface area contributed by atoms with Crippen molar-refractivity contribution >= 4 is 11.6 Å². The molecule has 1 aliphatic rings. The van der Waals surface area contributed by atoms with Crippen molar-refractivity contribution in [2.45, 2.75) is 39.8 Å². The Bertz CT molecular complexity index is 440. The molecule has 1 aromatic carbocycles. The van der Waals surface area contributed by atoms with Crippen LogP contribution in [-0.4, -0.2) is 11.9 Å². The lowest BCUT2D eigenvalue weighted by atomic mass is 10.0. The Balaban J connectivity index is 2.26. The number of nitrogens with one attached hydrogen (secondary N) is 2. The fourth-order valence-electron chi connectivity index (χ4n) is 2.06. The molecule has 3 nitrogen and oxygen atoms in total. The van der Waals surface area contributed by atoms with Crippen LogP contribution in [0.2, 0.25) is 0 Å². The third-order valence-corrected chi connectivity index (χ3v) is 3.56. The maximum atomic E-state index is 12.0. The number of para-hydroxylation sites is 1. The number of anilines is 1. The lowest BCUT2D eigenvalue weighted by Crippen LogP contribution is -2.37. The van der Waals surface area contributed by atoms with Crippen molar-refractivity contribution in [3.05, 3.63) is 29.3 Å². The molecule has 0 radical (unpaired) electrons. The van der Waals surface area contributed by atoms with E-state index in [1.165, 1.54) is 0 Å². The Kier molecular flexibility index (Phi) is 3.20. The maximum absolute atomic E-state index is 12.0. The predicted molar refractivity (Wildman–Crippen MR) is 70.0 cm³/mol. The van der Waals surface area contributed by atoms with Crippen LogP contribution in [-0.2, 0) is 4.79 Å². The molecule has 0 saturated carbocycles. The summed E-state index contributed by atoms with van der Waals surface area (Å²) in [5.41, 5.74) is 3.17. The Morgan fingerprint density at radius 3 is 2.65 bits per heavy atom. The highest BCUT2D eigenvalue weighted by Gasteiger charge is 2.32. The van der Waals surface area contributed by atoms with Crippen LogP contribution in [0, 0.1) is 12.8 Å². The van der Waals surface area contributed by atoms with Crippen LogP contribution in [0.3, 0.4) is 0 Å². The number of hydrogen-bond donors (Lipinski definition) is 2. The highest BCUT2D eigenvalue weighted by molar-refractivity contribution is 6.03. The van der Waals surface area contributed by atoms with Crippen molar-refractivity contribution < 1.29 is 4.79 Å². The maximum Gasteiger partial charge on any atom is 0.246 e. The first-order valence-corrected chi connectivity index (χ1v) is 6.17. The van der Waals surface area contributed by atoms with E-state index in [0.29, 0.717) is 12.0 Å². The van der Waals surface area contributed by atoms with E-state index in [1.54, 1.807) is 0 Å². The number of fused-ring (bicyclic) bond motifs is 1. The van der Waals surface area contributed by atoms with Crippen LogP contribution in [0.5, 0.6) is 0 Å². The second-order valence-corrected chi connectivity index (χ2v) is 5.16. The van der Waals surface area contributed by atoms with Gasteiger partial charge in [0.15, 0.2) is 0 Å². The van der Waals surface area contributed by atoms with Gasteiger partial charge in [0, 0.05) is 17.3 Å². The number of amides is 1. The van der Waals surface area contributed by atoms with Gasteiger partial charge in [0.25, 0.3) is 0 Å². The molecule has 1 aromatic rings. The predicted octanol–water partition coefficient (Wildman–Crippen LogP) is 2.62. The summed E-state index contributed by atoms with van der Waals surface area (Å²) in [4.78, 5) is 12.0. The number of carbonyl (C=O) groups is 1. The van der Waals surface area contributed by atoms with Crippen molar-refractivity contribution in [3.63, 3.8) is 0 Å². The normalized spacial score (nSPS) is 20.3. The second kappa shape index (κ2) is 4.49. The number of hydrogen-bond acceptors (Lipinski definition) is 2. The molecule has 0 aromatic heterocycles. The number of aryl methyl sites for hydroxylation is 1. The van der Waals surface area contributed by atoms with E-state index in [4.69, 9.17) is 0 Å². The molecule has 1 amide bonds. The minimum atomic E-state index is -0.206. The third-order valence-electron chi connectivity index (χ3n) is 3.56. The third kappa shape index (κ3) is 2.20. The largest absolute Gasteiger partial charge is 0.324 e. The number of carbonyl (C=O) groups excluding carboxylic acids is 1. The van der Waals surface area contributed by atoms with Gasteiger partial charge in [0.2, 0.25) is 5.91 Å². The van der Waals surface area contributed by atoms with E-state index >= 15 is 0 Å². The average Bonchev–Trinajstić information content (AvgIpc) is 2.58. The standard InChI is InChI=1S/C14H20N2O/c1-8(2)10(4)15-13-11-7-5-6-9(3)12(11)16-14(13)17/h5-8,10,13,15H,1-4H3,(H,16,17). The van der Waals surface area contributed by atoms with Gasteiger partial charge >= 0.3 is 0 Å². The van der Waals surface area contributed by atoms with Crippen molar-refractivity contribution in [3.8, 4) is 0 Å². The van der Waals surface area contributed by atoms with E-state index in [9.17, 15) is 4.79 Å². The first-order valence-electron chi connectivity index (χ1n) is 6.17. The van der Waals surface area contributed by atoms with E-state index in [0.717, 1.165) is 16.8 Å². The fourth-order valence-corrected chi connectivity index (χ4v) is 2.06. The van der Waals surface area contributed by atoms with Crippen molar-refractivity contribution in [2.75, 3.05) is 5.32 Å². The summed E-state index contributed by atoms with van der Waals surface area (Å²) >= 11 is 0. The monoisotopic (exact) mass is 232 g/mol. The first kappa shape index (κ1) is 12.1. The van der Waals surface area contributed by atoms with Gasteiger partial charge in [0.1, 0.15) is 6.04 Å². The van der Waals surface area contributed by atoms with Crippen LogP contribution in [0.4, 0.5) is 5.69 Å². The molecular formula is C14H20N2O. The lowest BCUT2D eigenvalue weighted by molar-refractivity contribution is -0.117. The summed E-state index contributed by atoms with van der Waals surface area (Å²) in [6, 6.07) is 6.15. The molecular weight excluding hydrogens is 212 g/mol. The van der Waals surface area contributed by atoms with Crippen molar-refractivity contribution in [1.29, 1.82) is 0 Å². The van der Waals surface area contributed by atoms with E-state index in [2.05, 4.69) is 31.4 Å². The van der Waals surface area contributed by atoms with Crippen LogP contribution in [0.15, 0.2) is 18.2 Å². The molecule has 1 heterocycles. The zero-order valence-electron chi connectivity index (χ0n) is 10.9. The van der Waals surface area contributed by atoms with Gasteiger partial charge < -0.3 is 5.32 Å². The van der Waals surface area contributed by atoms with Gasteiger partial charge in [-0.25, -0.2) is 0 Å². The van der Waals surface area contributed by atoms with Crippen LogP contribution in [0.25, 0.3) is 0 Å². The molecule has 1 aliphatic heterocycles. The van der Waals surface area contributed by atoms with E-state index < -0.39 is 0 Å². The van der Waals surface area contributed by atoms with Crippen LogP contribution < -0.4 is 10.6 Å². The highest BCUT2D eigenvalue weighted by atomic mass is 16.2. The molecule has 0 fully saturated rings. The zero-order valence-corrected chi connectivity index (χ0v) is 10.9. The molecule has 3 heteroatoms. The molecule has 2 rings (SSSR count). The minimum Gasteiger partial charge on any atom is -0.324 e. The lowest BCUT2D eigenvalue weighted by Gasteiger charge is -2.21. The van der Waals surface area contributed by atoms with Crippen molar-refractivity contribution in [1.82, 2.24) is 5.32 Å². The molecule has 0 spiro atoms. The molecule has 2 unspecified atom stereocenters. The molecule has 2 N–H and O–H groups in total. The summed E-state index contributed by atoms with van der Waals surface area (Å²) in [6.07, 6.45) is 0. The van der Waals surface area contributed by atoms with Gasteiger partial charge in [0.05, 0.1) is 0 Å². The van der Waals surface area contributed by atoms with Crippen LogP contribution >= 0.6 is 0 Å². The van der Waals surface area contributed by atoms with Crippen LogP contribution in [0.1, 0.15) is 37.9 Å². The second-order valence-electron chi connectivity index (χ2n) is 5.16.